The minimum absolute atomic E-state index is 0.710. The molecule has 3 aromatic rings. The van der Waals surface area contributed by atoms with Gasteiger partial charge in [0.1, 0.15) is 16.9 Å². The third kappa shape index (κ3) is 2.24. The lowest BCUT2D eigenvalue weighted by molar-refractivity contribution is 0.782. The molecule has 3 heterocycles. The maximum absolute atomic E-state index is 4.50. The molecule has 0 radical (unpaired) electrons. The summed E-state index contributed by atoms with van der Waals surface area (Å²) in [6.45, 7) is 6.58. The van der Waals surface area contributed by atoms with Crippen molar-refractivity contribution in [2.75, 3.05) is 5.32 Å². The summed E-state index contributed by atoms with van der Waals surface area (Å²) in [4.78, 5) is 14.4. The van der Waals surface area contributed by atoms with Crippen molar-refractivity contribution >= 4 is 28.2 Å². The Hall–Kier alpha value is -2.02. The Morgan fingerprint density at radius 2 is 2.05 bits per heavy atom. The molecular formula is C13H16N6S. The van der Waals surface area contributed by atoms with Crippen LogP contribution >= 0.6 is 11.3 Å². The smallest absolute Gasteiger partial charge is 0.156 e. The molecule has 1 N–H and O–H groups in total. The molecule has 0 unspecified atom stereocenters. The van der Waals surface area contributed by atoms with E-state index in [1.54, 1.807) is 11.3 Å². The van der Waals surface area contributed by atoms with Crippen LogP contribution < -0.4 is 5.32 Å². The van der Waals surface area contributed by atoms with Crippen LogP contribution in [0.3, 0.4) is 0 Å². The minimum Gasteiger partial charge on any atom is -0.363 e. The van der Waals surface area contributed by atoms with E-state index < -0.39 is 0 Å². The van der Waals surface area contributed by atoms with Crippen molar-refractivity contribution in [3.05, 3.63) is 27.6 Å². The topological polar surface area (TPSA) is 68.5 Å². The molecule has 0 bridgehead atoms. The van der Waals surface area contributed by atoms with Crippen molar-refractivity contribution in [2.24, 2.45) is 7.05 Å². The van der Waals surface area contributed by atoms with Crippen LogP contribution in [0.25, 0.3) is 11.0 Å². The Balaban J connectivity index is 1.98. The first kappa shape index (κ1) is 13.0. The highest BCUT2D eigenvalue weighted by Gasteiger charge is 2.13. The number of fused-ring (bicyclic) bond motifs is 1. The van der Waals surface area contributed by atoms with Gasteiger partial charge in [0.15, 0.2) is 5.82 Å². The lowest BCUT2D eigenvalue weighted by Gasteiger charge is -2.07. The number of hydrogen-bond donors (Lipinski definition) is 1. The van der Waals surface area contributed by atoms with Crippen LogP contribution in [-0.2, 0) is 13.6 Å². The summed E-state index contributed by atoms with van der Waals surface area (Å²) < 4.78 is 1.82. The third-order valence-corrected chi connectivity index (χ3v) is 3.97. The molecule has 6 nitrogen and oxygen atoms in total. The van der Waals surface area contributed by atoms with Crippen LogP contribution in [0.2, 0.25) is 0 Å². The van der Waals surface area contributed by atoms with E-state index in [0.29, 0.717) is 6.54 Å². The molecule has 0 spiro atoms. The van der Waals surface area contributed by atoms with Gasteiger partial charge in [-0.25, -0.2) is 15.0 Å². The van der Waals surface area contributed by atoms with E-state index in [2.05, 4.69) is 25.4 Å². The molecule has 0 saturated carbocycles. The zero-order valence-corrected chi connectivity index (χ0v) is 12.7. The largest absolute Gasteiger partial charge is 0.363 e. The second-order valence-corrected chi connectivity index (χ2v) is 6.04. The normalized spacial score (nSPS) is 11.2. The molecule has 0 fully saturated rings. The fraction of sp³-hybridized carbons (Fsp3) is 0.385. The lowest BCUT2D eigenvalue weighted by atomic mass is 10.3. The second-order valence-electron chi connectivity index (χ2n) is 4.72. The summed E-state index contributed by atoms with van der Waals surface area (Å²) in [5, 5.41) is 8.86. The van der Waals surface area contributed by atoms with Gasteiger partial charge in [0.25, 0.3) is 0 Å². The number of aromatic nitrogens is 5. The molecule has 0 aromatic carbocycles. The van der Waals surface area contributed by atoms with Gasteiger partial charge in [0, 0.05) is 18.1 Å². The van der Waals surface area contributed by atoms with E-state index in [4.69, 9.17) is 0 Å². The van der Waals surface area contributed by atoms with E-state index in [1.807, 2.05) is 38.7 Å². The highest BCUT2D eigenvalue weighted by atomic mass is 32.1. The molecule has 104 valence electrons. The quantitative estimate of drug-likeness (QED) is 0.801. The molecule has 3 rings (SSSR count). The van der Waals surface area contributed by atoms with E-state index in [-0.39, 0.29) is 0 Å². The standard InChI is InChI=1S/C13H16N6S/c1-7-11-12(19(4)18-7)13(17-8(2)16-11)15-6-10-5-14-9(3)20-10/h5H,6H2,1-4H3,(H,15,16,17). The molecule has 0 aliphatic heterocycles. The van der Waals surface area contributed by atoms with Crippen molar-refractivity contribution in [1.29, 1.82) is 0 Å². The van der Waals surface area contributed by atoms with Gasteiger partial charge in [0.2, 0.25) is 0 Å². The van der Waals surface area contributed by atoms with Crippen molar-refractivity contribution in [3.8, 4) is 0 Å². The summed E-state index contributed by atoms with van der Waals surface area (Å²) in [6, 6.07) is 0. The summed E-state index contributed by atoms with van der Waals surface area (Å²) in [7, 11) is 1.91. The molecular weight excluding hydrogens is 272 g/mol. The van der Waals surface area contributed by atoms with Gasteiger partial charge in [-0.1, -0.05) is 0 Å². The predicted octanol–water partition coefficient (Wildman–Crippen LogP) is 2.36. The monoisotopic (exact) mass is 288 g/mol. The van der Waals surface area contributed by atoms with E-state index in [1.165, 1.54) is 4.88 Å². The Kier molecular flexibility index (Phi) is 3.13. The summed E-state index contributed by atoms with van der Waals surface area (Å²) in [5.74, 6) is 1.57. The van der Waals surface area contributed by atoms with E-state index >= 15 is 0 Å². The van der Waals surface area contributed by atoms with Crippen molar-refractivity contribution in [2.45, 2.75) is 27.3 Å². The highest BCUT2D eigenvalue weighted by Crippen LogP contribution is 2.23. The van der Waals surface area contributed by atoms with Crippen molar-refractivity contribution in [1.82, 2.24) is 24.7 Å². The number of aryl methyl sites for hydroxylation is 4. The zero-order chi connectivity index (χ0) is 14.3. The first-order valence-electron chi connectivity index (χ1n) is 6.37. The molecule has 0 aliphatic carbocycles. The maximum atomic E-state index is 4.50. The molecule has 0 aliphatic rings. The molecule has 3 aromatic heterocycles. The van der Waals surface area contributed by atoms with Crippen molar-refractivity contribution < 1.29 is 0 Å². The van der Waals surface area contributed by atoms with Gasteiger partial charge < -0.3 is 5.32 Å². The number of hydrogen-bond acceptors (Lipinski definition) is 6. The fourth-order valence-corrected chi connectivity index (χ4v) is 2.96. The Labute approximate surface area is 120 Å². The summed E-state index contributed by atoms with van der Waals surface area (Å²) in [5.41, 5.74) is 2.77. The van der Waals surface area contributed by atoms with Crippen LogP contribution in [0.1, 0.15) is 21.4 Å². The highest BCUT2D eigenvalue weighted by molar-refractivity contribution is 7.11. The molecule has 0 saturated heterocycles. The first-order chi connectivity index (χ1) is 9.54. The Bertz CT molecular complexity index is 773. The number of nitrogens with one attached hydrogen (secondary N) is 1. The summed E-state index contributed by atoms with van der Waals surface area (Å²) >= 11 is 1.69. The fourth-order valence-electron chi connectivity index (χ4n) is 2.23. The Morgan fingerprint density at radius 1 is 1.25 bits per heavy atom. The molecule has 0 atom stereocenters. The molecule has 7 heteroatoms. The van der Waals surface area contributed by atoms with Crippen molar-refractivity contribution in [3.63, 3.8) is 0 Å². The Morgan fingerprint density at radius 3 is 2.75 bits per heavy atom. The lowest BCUT2D eigenvalue weighted by Crippen LogP contribution is -2.05. The number of nitrogens with zero attached hydrogens (tertiary/aromatic N) is 5. The van der Waals surface area contributed by atoms with Gasteiger partial charge in [-0.3, -0.25) is 4.68 Å². The van der Waals surface area contributed by atoms with Gasteiger partial charge in [-0.2, -0.15) is 5.10 Å². The zero-order valence-electron chi connectivity index (χ0n) is 11.9. The van der Waals surface area contributed by atoms with Crippen LogP contribution in [-0.4, -0.2) is 24.7 Å². The van der Waals surface area contributed by atoms with Gasteiger partial charge >= 0.3 is 0 Å². The predicted molar refractivity (Wildman–Crippen MR) is 80.0 cm³/mol. The average molecular weight is 288 g/mol. The third-order valence-electron chi connectivity index (χ3n) is 3.06. The molecule has 0 amide bonds. The van der Waals surface area contributed by atoms with Crippen LogP contribution in [0, 0.1) is 20.8 Å². The average Bonchev–Trinajstić information content (AvgIpc) is 2.92. The van der Waals surface area contributed by atoms with Gasteiger partial charge in [-0.05, 0) is 20.8 Å². The molecule has 20 heavy (non-hydrogen) atoms. The minimum atomic E-state index is 0.710. The van der Waals surface area contributed by atoms with Crippen LogP contribution in [0.5, 0.6) is 0 Å². The van der Waals surface area contributed by atoms with Gasteiger partial charge in [0.05, 0.1) is 17.2 Å². The van der Waals surface area contributed by atoms with E-state index in [0.717, 1.165) is 33.4 Å². The SMILES string of the molecule is Cc1nc(NCc2cnc(C)s2)c2c(n1)c(C)nn2C. The second kappa shape index (κ2) is 4.82. The summed E-state index contributed by atoms with van der Waals surface area (Å²) in [6.07, 6.45) is 1.90. The number of rotatable bonds is 3. The van der Waals surface area contributed by atoms with Crippen LogP contribution in [0.4, 0.5) is 5.82 Å². The van der Waals surface area contributed by atoms with E-state index in [9.17, 15) is 0 Å². The van der Waals surface area contributed by atoms with Crippen LogP contribution in [0.15, 0.2) is 6.20 Å². The number of anilines is 1. The van der Waals surface area contributed by atoms with Gasteiger partial charge in [-0.15, -0.1) is 11.3 Å². The first-order valence-corrected chi connectivity index (χ1v) is 7.19. The maximum Gasteiger partial charge on any atom is 0.156 e. The number of thiazole rings is 1.